The van der Waals surface area contributed by atoms with E-state index in [2.05, 4.69) is 27.9 Å². The van der Waals surface area contributed by atoms with Gasteiger partial charge in [0.25, 0.3) is 0 Å². The third-order valence-electron chi connectivity index (χ3n) is 5.92. The number of hydrogen-bond donors (Lipinski definition) is 3. The largest absolute Gasteiger partial charge is 0.382 e. The molecule has 6 nitrogen and oxygen atoms in total. The number of carbonyl (C=O) groups is 1. The Morgan fingerprint density at radius 1 is 1.12 bits per heavy atom. The molecular weight excluding hydrogens is 328 g/mol. The molecule has 2 fully saturated rings. The van der Waals surface area contributed by atoms with Gasteiger partial charge in [-0.25, -0.2) is 0 Å². The maximum atomic E-state index is 11.8. The van der Waals surface area contributed by atoms with Gasteiger partial charge in [0.05, 0.1) is 0 Å². The lowest BCUT2D eigenvalue weighted by Gasteiger charge is -2.30. The molecule has 2 aliphatic carbocycles. The average Bonchev–Trinajstić information content (AvgIpc) is 3.05. The first-order valence-corrected chi connectivity index (χ1v) is 10.5. The number of nitrogens with zero attached hydrogens (tertiary/aromatic N) is 1. The molecule has 150 valence electrons. The molecule has 2 saturated carbocycles. The van der Waals surface area contributed by atoms with Crippen LogP contribution in [-0.4, -0.2) is 51.8 Å². The lowest BCUT2D eigenvalue weighted by Crippen LogP contribution is -2.44. The zero-order valence-corrected chi connectivity index (χ0v) is 16.7. The van der Waals surface area contributed by atoms with Crippen molar-refractivity contribution in [3.63, 3.8) is 0 Å². The Kier molecular flexibility index (Phi) is 9.23. The fourth-order valence-corrected chi connectivity index (χ4v) is 3.89. The zero-order chi connectivity index (χ0) is 18.7. The third kappa shape index (κ3) is 6.78. The summed E-state index contributed by atoms with van der Waals surface area (Å²) in [5.74, 6) is 1.37. The van der Waals surface area contributed by atoms with Crippen molar-refractivity contribution in [3.05, 3.63) is 0 Å². The van der Waals surface area contributed by atoms with Crippen molar-refractivity contribution in [2.45, 2.75) is 64.7 Å². The van der Waals surface area contributed by atoms with Crippen LogP contribution in [-0.2, 0) is 9.53 Å². The van der Waals surface area contributed by atoms with Gasteiger partial charge in [0, 0.05) is 45.8 Å². The molecule has 0 heterocycles. The molecule has 2 aliphatic rings. The number of guanidine groups is 1. The molecule has 0 spiro atoms. The summed E-state index contributed by atoms with van der Waals surface area (Å²) in [6.07, 6.45) is 10.5. The topological polar surface area (TPSA) is 74.8 Å². The number of hydrogen-bond acceptors (Lipinski definition) is 3. The van der Waals surface area contributed by atoms with Gasteiger partial charge in [-0.15, -0.1) is 0 Å². The lowest BCUT2D eigenvalue weighted by atomic mass is 9.83. The monoisotopic (exact) mass is 366 g/mol. The van der Waals surface area contributed by atoms with E-state index in [1.165, 1.54) is 32.1 Å². The first-order valence-electron chi connectivity index (χ1n) is 10.5. The Hall–Kier alpha value is -1.30. The van der Waals surface area contributed by atoms with Crippen molar-refractivity contribution in [1.82, 2.24) is 16.0 Å². The van der Waals surface area contributed by atoms with Gasteiger partial charge in [0.15, 0.2) is 5.96 Å². The highest BCUT2D eigenvalue weighted by molar-refractivity contribution is 5.80. The second-order valence-electron chi connectivity index (χ2n) is 7.78. The maximum Gasteiger partial charge on any atom is 0.223 e. The Labute approximate surface area is 158 Å². The van der Waals surface area contributed by atoms with Gasteiger partial charge < -0.3 is 20.7 Å². The number of ether oxygens (including phenoxy) is 1. The summed E-state index contributed by atoms with van der Waals surface area (Å²) in [6, 6.07) is 0. The Balaban J connectivity index is 1.60. The number of rotatable bonds is 11. The lowest BCUT2D eigenvalue weighted by molar-refractivity contribution is -0.127. The Morgan fingerprint density at radius 3 is 2.46 bits per heavy atom. The molecule has 0 radical (unpaired) electrons. The van der Waals surface area contributed by atoms with Crippen molar-refractivity contribution >= 4 is 11.9 Å². The number of nitrogens with one attached hydrogen (secondary N) is 3. The van der Waals surface area contributed by atoms with Gasteiger partial charge in [-0.2, -0.15) is 0 Å². The normalized spacial score (nSPS) is 19.8. The van der Waals surface area contributed by atoms with Crippen LogP contribution in [0.1, 0.15) is 64.7 Å². The van der Waals surface area contributed by atoms with Gasteiger partial charge in [0.2, 0.25) is 5.91 Å². The van der Waals surface area contributed by atoms with Crippen molar-refractivity contribution in [2.24, 2.45) is 16.3 Å². The summed E-state index contributed by atoms with van der Waals surface area (Å²) in [5, 5.41) is 9.91. The van der Waals surface area contributed by atoms with Crippen LogP contribution in [0.4, 0.5) is 0 Å². The number of aliphatic imine (C=N–C) groups is 1. The van der Waals surface area contributed by atoms with Gasteiger partial charge in [0.1, 0.15) is 0 Å². The highest BCUT2D eigenvalue weighted by atomic mass is 16.5. The molecule has 3 N–H and O–H groups in total. The summed E-state index contributed by atoms with van der Waals surface area (Å²) < 4.78 is 5.59. The van der Waals surface area contributed by atoms with Crippen LogP contribution in [0.25, 0.3) is 0 Å². The predicted octanol–water partition coefficient (Wildman–Crippen LogP) is 2.44. The molecule has 2 rings (SSSR count). The molecule has 0 aromatic heterocycles. The zero-order valence-electron chi connectivity index (χ0n) is 16.7. The fourth-order valence-electron chi connectivity index (χ4n) is 3.89. The molecule has 0 saturated heterocycles. The van der Waals surface area contributed by atoms with E-state index in [4.69, 9.17) is 4.74 Å². The highest BCUT2D eigenvalue weighted by Crippen LogP contribution is 2.40. The van der Waals surface area contributed by atoms with Crippen LogP contribution >= 0.6 is 0 Å². The van der Waals surface area contributed by atoms with E-state index in [-0.39, 0.29) is 11.8 Å². The van der Waals surface area contributed by atoms with E-state index in [1.807, 2.05) is 7.05 Å². The minimum atomic E-state index is 0.233. The summed E-state index contributed by atoms with van der Waals surface area (Å²) in [6.45, 7) is 6.21. The molecule has 0 unspecified atom stereocenters. The van der Waals surface area contributed by atoms with Gasteiger partial charge in [-0.3, -0.25) is 9.79 Å². The van der Waals surface area contributed by atoms with Crippen molar-refractivity contribution in [3.8, 4) is 0 Å². The molecule has 26 heavy (non-hydrogen) atoms. The Morgan fingerprint density at radius 2 is 1.85 bits per heavy atom. The minimum absolute atomic E-state index is 0.233. The molecule has 6 heteroatoms. The van der Waals surface area contributed by atoms with Gasteiger partial charge in [-0.1, -0.05) is 19.3 Å². The smallest absolute Gasteiger partial charge is 0.223 e. The fraction of sp³-hybridized carbons (Fsp3) is 0.900. The third-order valence-corrected chi connectivity index (χ3v) is 5.92. The molecule has 0 aliphatic heterocycles. The predicted molar refractivity (Wildman–Crippen MR) is 106 cm³/mol. The molecule has 1 amide bonds. The summed E-state index contributed by atoms with van der Waals surface area (Å²) >= 11 is 0. The standard InChI is InChI=1S/C20H38N4O2/c1-3-26-15-12-20(10-4-5-11-20)16-24-19(21-2)23-14-7-13-22-18(25)17-8-6-9-17/h17H,3-16H2,1-2H3,(H,22,25)(H2,21,23,24). The van der Waals surface area contributed by atoms with E-state index >= 15 is 0 Å². The second-order valence-corrected chi connectivity index (χ2v) is 7.78. The first-order chi connectivity index (χ1) is 12.7. The SMILES string of the molecule is CCOCCC1(CNC(=NC)NCCCNC(=O)C2CCC2)CCCC1. The molecule has 0 aromatic carbocycles. The van der Waals surface area contributed by atoms with Crippen molar-refractivity contribution in [2.75, 3.05) is 39.9 Å². The van der Waals surface area contributed by atoms with Crippen molar-refractivity contribution in [1.29, 1.82) is 0 Å². The van der Waals surface area contributed by atoms with E-state index in [0.29, 0.717) is 5.41 Å². The van der Waals surface area contributed by atoms with E-state index in [0.717, 1.165) is 64.5 Å². The van der Waals surface area contributed by atoms with Gasteiger partial charge in [-0.05, 0) is 50.9 Å². The first kappa shape index (κ1) is 21.0. The Bertz CT molecular complexity index is 443. The number of amides is 1. The highest BCUT2D eigenvalue weighted by Gasteiger charge is 2.33. The van der Waals surface area contributed by atoms with Crippen LogP contribution in [0.3, 0.4) is 0 Å². The summed E-state index contributed by atoms with van der Waals surface area (Å²) in [4.78, 5) is 16.1. The second kappa shape index (κ2) is 11.4. The van der Waals surface area contributed by atoms with Crippen LogP contribution in [0.2, 0.25) is 0 Å². The van der Waals surface area contributed by atoms with Crippen LogP contribution in [0, 0.1) is 11.3 Å². The van der Waals surface area contributed by atoms with Crippen molar-refractivity contribution < 1.29 is 9.53 Å². The summed E-state index contributed by atoms with van der Waals surface area (Å²) in [7, 11) is 1.81. The van der Waals surface area contributed by atoms with E-state index < -0.39 is 0 Å². The number of carbonyl (C=O) groups excluding carboxylic acids is 1. The quantitative estimate of drug-likeness (QED) is 0.298. The molecule has 0 bridgehead atoms. The van der Waals surface area contributed by atoms with Gasteiger partial charge >= 0.3 is 0 Å². The van der Waals surface area contributed by atoms with Crippen LogP contribution in [0.15, 0.2) is 4.99 Å². The van der Waals surface area contributed by atoms with Crippen LogP contribution < -0.4 is 16.0 Å². The average molecular weight is 367 g/mol. The summed E-state index contributed by atoms with van der Waals surface area (Å²) in [5.41, 5.74) is 0.351. The molecular formula is C20H38N4O2. The maximum absolute atomic E-state index is 11.8. The minimum Gasteiger partial charge on any atom is -0.382 e. The van der Waals surface area contributed by atoms with E-state index in [9.17, 15) is 4.79 Å². The molecule has 0 aromatic rings. The van der Waals surface area contributed by atoms with Crippen LogP contribution in [0.5, 0.6) is 0 Å². The molecule has 0 atom stereocenters. The van der Waals surface area contributed by atoms with E-state index in [1.54, 1.807) is 0 Å².